The minimum Gasteiger partial charge on any atom is -0.404 e. The van der Waals surface area contributed by atoms with Crippen LogP contribution >= 0.6 is 12.4 Å². The number of hydrogen-bond donors (Lipinski definition) is 1. The summed E-state index contributed by atoms with van der Waals surface area (Å²) in [4.78, 5) is 14.3. The van der Waals surface area contributed by atoms with Crippen LogP contribution in [0.3, 0.4) is 0 Å². The first-order chi connectivity index (χ1) is 10.7. The van der Waals surface area contributed by atoms with Gasteiger partial charge in [0.1, 0.15) is 0 Å². The second-order valence-corrected chi connectivity index (χ2v) is 8.87. The van der Waals surface area contributed by atoms with Gasteiger partial charge in [0.2, 0.25) is 5.91 Å². The molecule has 0 aromatic rings. The molecule has 7 heteroatoms. The van der Waals surface area contributed by atoms with Crippen LogP contribution in [0, 0.1) is 17.3 Å². The van der Waals surface area contributed by atoms with Gasteiger partial charge in [-0.25, -0.2) is 0 Å². The van der Waals surface area contributed by atoms with E-state index in [1.807, 2.05) is 4.90 Å². The summed E-state index contributed by atoms with van der Waals surface area (Å²) in [6.45, 7) is 9.49. The molecule has 24 heavy (non-hydrogen) atoms. The summed E-state index contributed by atoms with van der Waals surface area (Å²) < 4.78 is 12.9. The SMILES string of the molecule is C[C@@H](N)C(=O)N1CCC[C@H]1B1OC2C[C@@H]3C[C@@H](C3(C)C)[C@]2(C)O1.Cl. The van der Waals surface area contributed by atoms with E-state index in [1.165, 1.54) is 6.42 Å². The fraction of sp³-hybridized carbons (Fsp3) is 0.941. The summed E-state index contributed by atoms with van der Waals surface area (Å²) in [6.07, 6.45) is 4.47. The molecule has 1 unspecified atom stereocenters. The quantitative estimate of drug-likeness (QED) is 0.769. The van der Waals surface area contributed by atoms with E-state index >= 15 is 0 Å². The normalized spacial score (nSPS) is 43.7. The lowest BCUT2D eigenvalue weighted by atomic mass is 9.43. The number of nitrogens with two attached hydrogens (primary N) is 1. The van der Waals surface area contributed by atoms with Crippen molar-refractivity contribution < 1.29 is 14.1 Å². The van der Waals surface area contributed by atoms with Gasteiger partial charge >= 0.3 is 7.12 Å². The molecule has 2 heterocycles. The number of likely N-dealkylation sites (tertiary alicyclic amines) is 1. The van der Waals surface area contributed by atoms with E-state index in [0.717, 1.165) is 31.7 Å². The minimum absolute atomic E-state index is 0. The van der Waals surface area contributed by atoms with Gasteiger partial charge in [0.15, 0.2) is 0 Å². The second kappa shape index (κ2) is 5.87. The highest BCUT2D eigenvalue weighted by Crippen LogP contribution is 2.65. The zero-order valence-electron chi connectivity index (χ0n) is 15.2. The molecular weight excluding hydrogens is 326 g/mol. The summed E-state index contributed by atoms with van der Waals surface area (Å²) in [7, 11) is -0.287. The Hall–Kier alpha value is -0.295. The van der Waals surface area contributed by atoms with Crippen LogP contribution in [-0.2, 0) is 14.1 Å². The van der Waals surface area contributed by atoms with Gasteiger partial charge in [0.25, 0.3) is 0 Å². The molecule has 5 nitrogen and oxygen atoms in total. The summed E-state index contributed by atoms with van der Waals surface area (Å²) >= 11 is 0. The molecule has 1 amide bonds. The lowest BCUT2D eigenvalue weighted by molar-refractivity contribution is -0.199. The van der Waals surface area contributed by atoms with Crippen molar-refractivity contribution in [1.82, 2.24) is 4.90 Å². The Labute approximate surface area is 151 Å². The van der Waals surface area contributed by atoms with E-state index in [1.54, 1.807) is 6.92 Å². The number of rotatable bonds is 2. The Kier molecular flexibility index (Phi) is 4.52. The minimum atomic E-state index is -0.457. The van der Waals surface area contributed by atoms with Crippen LogP contribution in [0.1, 0.15) is 53.4 Å². The van der Waals surface area contributed by atoms with Crippen molar-refractivity contribution in [3.8, 4) is 0 Å². The monoisotopic (exact) mass is 356 g/mol. The Morgan fingerprint density at radius 1 is 1.33 bits per heavy atom. The van der Waals surface area contributed by atoms with Crippen LogP contribution in [-0.4, -0.2) is 48.2 Å². The predicted octanol–water partition coefficient (Wildman–Crippen LogP) is 2.01. The van der Waals surface area contributed by atoms with Gasteiger partial charge in [-0.05, 0) is 56.8 Å². The van der Waals surface area contributed by atoms with E-state index in [2.05, 4.69) is 20.8 Å². The Morgan fingerprint density at radius 2 is 2.04 bits per heavy atom. The van der Waals surface area contributed by atoms with Gasteiger partial charge in [-0.1, -0.05) is 13.8 Å². The largest absolute Gasteiger partial charge is 0.481 e. The van der Waals surface area contributed by atoms with E-state index in [4.69, 9.17) is 15.0 Å². The predicted molar refractivity (Wildman–Crippen MR) is 95.7 cm³/mol. The molecule has 2 N–H and O–H groups in total. The average molecular weight is 357 g/mol. The smallest absolute Gasteiger partial charge is 0.404 e. The second-order valence-electron chi connectivity index (χ2n) is 8.87. The Bertz CT molecular complexity index is 532. The highest BCUT2D eigenvalue weighted by Gasteiger charge is 2.69. The highest BCUT2D eigenvalue weighted by molar-refractivity contribution is 6.48. The zero-order valence-corrected chi connectivity index (χ0v) is 16.0. The summed E-state index contributed by atoms with van der Waals surface area (Å²) in [5.74, 6) is 1.35. The number of amides is 1. The Balaban J connectivity index is 0.00000169. The first-order valence-electron chi connectivity index (χ1n) is 9.14. The van der Waals surface area contributed by atoms with Gasteiger partial charge in [-0.3, -0.25) is 4.79 Å². The average Bonchev–Trinajstić information content (AvgIpc) is 3.08. The first kappa shape index (κ1) is 18.5. The van der Waals surface area contributed by atoms with E-state index in [-0.39, 0.29) is 43.1 Å². The fourth-order valence-corrected chi connectivity index (χ4v) is 5.67. The van der Waals surface area contributed by atoms with E-state index in [0.29, 0.717) is 11.3 Å². The molecule has 3 saturated carbocycles. The molecule has 2 saturated heterocycles. The molecular formula is C17H30BClN2O3. The number of nitrogens with zero attached hydrogens (tertiary/aromatic N) is 1. The van der Waals surface area contributed by atoms with Crippen LogP contribution in [0.4, 0.5) is 0 Å². The molecule has 0 aromatic carbocycles. The fourth-order valence-electron chi connectivity index (χ4n) is 5.67. The molecule has 2 aliphatic heterocycles. The van der Waals surface area contributed by atoms with Crippen LogP contribution in [0.2, 0.25) is 0 Å². The van der Waals surface area contributed by atoms with Crippen molar-refractivity contribution in [3.63, 3.8) is 0 Å². The number of hydrogen-bond acceptors (Lipinski definition) is 4. The summed E-state index contributed by atoms with van der Waals surface area (Å²) in [5, 5.41) is 0. The van der Waals surface area contributed by atoms with Crippen LogP contribution in [0.15, 0.2) is 0 Å². The lowest BCUT2D eigenvalue weighted by Crippen LogP contribution is -2.65. The molecule has 0 radical (unpaired) electrons. The van der Waals surface area contributed by atoms with Gasteiger partial charge in [-0.15, -0.1) is 12.4 Å². The van der Waals surface area contributed by atoms with Crippen LogP contribution in [0.5, 0.6) is 0 Å². The van der Waals surface area contributed by atoms with Crippen molar-refractivity contribution in [2.24, 2.45) is 23.0 Å². The third kappa shape index (κ3) is 2.37. The van der Waals surface area contributed by atoms with Crippen molar-refractivity contribution >= 4 is 25.4 Å². The van der Waals surface area contributed by atoms with Gasteiger partial charge in [-0.2, -0.15) is 0 Å². The molecule has 5 fully saturated rings. The number of carbonyl (C=O) groups is 1. The lowest BCUT2D eigenvalue weighted by Gasteiger charge is -2.64. The van der Waals surface area contributed by atoms with Crippen molar-refractivity contribution in [2.75, 3.05) is 6.54 Å². The number of carbonyl (C=O) groups excluding carboxylic acids is 1. The Morgan fingerprint density at radius 3 is 2.67 bits per heavy atom. The first-order valence-corrected chi connectivity index (χ1v) is 9.14. The third-order valence-electron chi connectivity index (χ3n) is 7.25. The highest BCUT2D eigenvalue weighted by atomic mass is 35.5. The van der Waals surface area contributed by atoms with Crippen molar-refractivity contribution in [1.29, 1.82) is 0 Å². The van der Waals surface area contributed by atoms with Gasteiger partial charge in [0.05, 0.1) is 23.7 Å². The molecule has 6 atom stereocenters. The van der Waals surface area contributed by atoms with Crippen LogP contribution in [0.25, 0.3) is 0 Å². The maximum Gasteiger partial charge on any atom is 0.481 e. The molecule has 2 bridgehead atoms. The van der Waals surface area contributed by atoms with Gasteiger partial charge in [0, 0.05) is 6.54 Å². The standard InChI is InChI=1S/C17H29BN2O3.ClH/c1-10(19)15(21)20-7-5-6-14(20)18-22-13-9-11-8-12(16(11,2)3)17(13,4)23-18;/h10-14H,5-9,19H2,1-4H3;1H/t10-,11+,12+,13?,14+,17+;/m1./s1. The maximum atomic E-state index is 12.4. The van der Waals surface area contributed by atoms with Gasteiger partial charge < -0.3 is 19.9 Å². The maximum absolute atomic E-state index is 12.4. The van der Waals surface area contributed by atoms with Crippen molar-refractivity contribution in [2.45, 2.75) is 77.1 Å². The molecule has 5 rings (SSSR count). The number of halogens is 1. The molecule has 0 aromatic heterocycles. The van der Waals surface area contributed by atoms with E-state index < -0.39 is 6.04 Å². The van der Waals surface area contributed by atoms with Crippen LogP contribution < -0.4 is 5.73 Å². The molecule has 3 aliphatic carbocycles. The summed E-state index contributed by atoms with van der Waals surface area (Å²) in [5.41, 5.74) is 5.96. The zero-order chi connectivity index (χ0) is 16.6. The molecule has 0 spiro atoms. The molecule has 136 valence electrons. The van der Waals surface area contributed by atoms with E-state index in [9.17, 15) is 4.79 Å². The summed E-state index contributed by atoms with van der Waals surface area (Å²) in [6, 6.07) is -0.457. The third-order valence-corrected chi connectivity index (χ3v) is 7.25. The van der Waals surface area contributed by atoms with Crippen molar-refractivity contribution in [3.05, 3.63) is 0 Å². The topological polar surface area (TPSA) is 64.8 Å². The molecule has 5 aliphatic rings.